The second-order valence-electron chi connectivity index (χ2n) is 4.76. The van der Waals surface area contributed by atoms with Gasteiger partial charge < -0.3 is 4.90 Å². The standard InChI is InChI=1S/C13H22N2O/c1-4-13(5-2,10-14)12(16)15(3)11-8-6-7-9-11/h11H,4-9H2,1-3H3. The molecule has 1 saturated carbocycles. The molecule has 1 amide bonds. The van der Waals surface area contributed by atoms with Gasteiger partial charge in [0.05, 0.1) is 6.07 Å². The van der Waals surface area contributed by atoms with E-state index in [9.17, 15) is 10.1 Å². The Morgan fingerprint density at radius 2 is 1.88 bits per heavy atom. The van der Waals surface area contributed by atoms with E-state index in [1.165, 1.54) is 12.8 Å². The molecule has 90 valence electrons. The van der Waals surface area contributed by atoms with Gasteiger partial charge in [0.2, 0.25) is 5.91 Å². The molecule has 0 atom stereocenters. The fourth-order valence-corrected chi connectivity index (χ4v) is 2.55. The minimum atomic E-state index is -0.794. The molecule has 0 bridgehead atoms. The molecule has 0 aromatic heterocycles. The Morgan fingerprint density at radius 3 is 2.25 bits per heavy atom. The molecule has 0 aromatic rings. The lowest BCUT2D eigenvalue weighted by molar-refractivity contribution is -0.140. The van der Waals surface area contributed by atoms with Crippen molar-refractivity contribution < 1.29 is 4.79 Å². The molecule has 0 unspecified atom stereocenters. The fourth-order valence-electron chi connectivity index (χ4n) is 2.55. The van der Waals surface area contributed by atoms with Crippen LogP contribution in [-0.4, -0.2) is 23.9 Å². The molecule has 1 aliphatic rings. The van der Waals surface area contributed by atoms with Gasteiger partial charge in [-0.3, -0.25) is 4.79 Å². The van der Waals surface area contributed by atoms with Crippen molar-refractivity contribution in [2.45, 2.75) is 58.4 Å². The smallest absolute Gasteiger partial charge is 0.243 e. The summed E-state index contributed by atoms with van der Waals surface area (Å²) >= 11 is 0. The SMILES string of the molecule is CCC(C#N)(CC)C(=O)N(C)C1CCCC1. The van der Waals surface area contributed by atoms with Crippen LogP contribution in [0.25, 0.3) is 0 Å². The van der Waals surface area contributed by atoms with Gasteiger partial charge in [-0.05, 0) is 25.7 Å². The second kappa shape index (κ2) is 5.34. The molecule has 0 aliphatic heterocycles. The van der Waals surface area contributed by atoms with Crippen LogP contribution in [0.4, 0.5) is 0 Å². The number of nitriles is 1. The van der Waals surface area contributed by atoms with Gasteiger partial charge >= 0.3 is 0 Å². The van der Waals surface area contributed by atoms with E-state index in [2.05, 4.69) is 6.07 Å². The highest BCUT2D eigenvalue weighted by Gasteiger charge is 2.39. The van der Waals surface area contributed by atoms with Gasteiger partial charge in [-0.1, -0.05) is 26.7 Å². The molecular formula is C13H22N2O. The van der Waals surface area contributed by atoms with Crippen molar-refractivity contribution in [3.05, 3.63) is 0 Å². The molecule has 0 aromatic carbocycles. The predicted molar refractivity (Wildman–Crippen MR) is 63.7 cm³/mol. The lowest BCUT2D eigenvalue weighted by Gasteiger charge is -2.32. The summed E-state index contributed by atoms with van der Waals surface area (Å²) in [6.45, 7) is 3.85. The Hall–Kier alpha value is -1.04. The first kappa shape index (κ1) is 13.0. The van der Waals surface area contributed by atoms with E-state index in [1.807, 2.05) is 25.8 Å². The zero-order chi connectivity index (χ0) is 12.2. The molecule has 1 fully saturated rings. The van der Waals surface area contributed by atoms with Crippen LogP contribution in [-0.2, 0) is 4.79 Å². The summed E-state index contributed by atoms with van der Waals surface area (Å²) < 4.78 is 0. The van der Waals surface area contributed by atoms with E-state index >= 15 is 0 Å². The summed E-state index contributed by atoms with van der Waals surface area (Å²) in [6, 6.07) is 2.59. The number of amides is 1. The van der Waals surface area contributed by atoms with Gasteiger partial charge in [0.15, 0.2) is 0 Å². The van der Waals surface area contributed by atoms with Crippen molar-refractivity contribution in [3.8, 4) is 6.07 Å². The van der Waals surface area contributed by atoms with Gasteiger partial charge in [0.1, 0.15) is 5.41 Å². The first-order valence-corrected chi connectivity index (χ1v) is 6.29. The van der Waals surface area contributed by atoms with Gasteiger partial charge in [0.25, 0.3) is 0 Å². The topological polar surface area (TPSA) is 44.1 Å². The maximum Gasteiger partial charge on any atom is 0.243 e. The molecule has 1 aliphatic carbocycles. The highest BCUT2D eigenvalue weighted by atomic mass is 16.2. The van der Waals surface area contributed by atoms with E-state index in [0.29, 0.717) is 18.9 Å². The number of rotatable bonds is 4. The quantitative estimate of drug-likeness (QED) is 0.734. The minimum Gasteiger partial charge on any atom is -0.341 e. The van der Waals surface area contributed by atoms with Crippen LogP contribution in [0, 0.1) is 16.7 Å². The number of carbonyl (C=O) groups is 1. The monoisotopic (exact) mass is 222 g/mol. The van der Waals surface area contributed by atoms with Gasteiger partial charge in [-0.2, -0.15) is 5.26 Å². The maximum atomic E-state index is 12.3. The summed E-state index contributed by atoms with van der Waals surface area (Å²) in [5.74, 6) is 0.0203. The van der Waals surface area contributed by atoms with Crippen molar-refractivity contribution in [2.24, 2.45) is 5.41 Å². The third-order valence-corrected chi connectivity index (χ3v) is 4.02. The average molecular weight is 222 g/mol. The lowest BCUT2D eigenvalue weighted by Crippen LogP contribution is -2.45. The van der Waals surface area contributed by atoms with Crippen molar-refractivity contribution in [3.63, 3.8) is 0 Å². The van der Waals surface area contributed by atoms with E-state index < -0.39 is 5.41 Å². The number of hydrogen-bond acceptors (Lipinski definition) is 2. The first-order chi connectivity index (χ1) is 7.61. The molecule has 3 nitrogen and oxygen atoms in total. The van der Waals surface area contributed by atoms with E-state index in [0.717, 1.165) is 12.8 Å². The zero-order valence-corrected chi connectivity index (χ0v) is 10.6. The largest absolute Gasteiger partial charge is 0.341 e. The van der Waals surface area contributed by atoms with Crippen molar-refractivity contribution in [2.75, 3.05) is 7.05 Å². The van der Waals surface area contributed by atoms with Crippen LogP contribution in [0.2, 0.25) is 0 Å². The number of nitrogens with zero attached hydrogens (tertiary/aromatic N) is 2. The Bertz CT molecular complexity index is 283. The summed E-state index contributed by atoms with van der Waals surface area (Å²) in [4.78, 5) is 14.2. The van der Waals surface area contributed by atoms with E-state index in [-0.39, 0.29) is 5.91 Å². The highest BCUT2D eigenvalue weighted by molar-refractivity contribution is 5.85. The molecule has 0 spiro atoms. The molecule has 16 heavy (non-hydrogen) atoms. The molecule has 3 heteroatoms. The summed E-state index contributed by atoms with van der Waals surface area (Å²) in [6.07, 6.45) is 5.82. The minimum absolute atomic E-state index is 0.0203. The maximum absolute atomic E-state index is 12.3. The average Bonchev–Trinajstić information content (AvgIpc) is 2.84. The Kier molecular flexibility index (Phi) is 4.35. The molecule has 0 heterocycles. The first-order valence-electron chi connectivity index (χ1n) is 6.29. The van der Waals surface area contributed by atoms with Crippen LogP contribution < -0.4 is 0 Å². The molecular weight excluding hydrogens is 200 g/mol. The van der Waals surface area contributed by atoms with Crippen molar-refractivity contribution in [1.29, 1.82) is 5.26 Å². The Balaban J connectivity index is 2.78. The summed E-state index contributed by atoms with van der Waals surface area (Å²) in [7, 11) is 1.86. The third kappa shape index (κ3) is 2.21. The number of carbonyl (C=O) groups excluding carboxylic acids is 1. The van der Waals surface area contributed by atoms with Crippen LogP contribution in [0.1, 0.15) is 52.4 Å². The van der Waals surface area contributed by atoms with Crippen molar-refractivity contribution >= 4 is 5.91 Å². The molecule has 0 N–H and O–H groups in total. The molecule has 1 rings (SSSR count). The van der Waals surface area contributed by atoms with Crippen LogP contribution >= 0.6 is 0 Å². The van der Waals surface area contributed by atoms with E-state index in [1.54, 1.807) is 0 Å². The highest BCUT2D eigenvalue weighted by Crippen LogP contribution is 2.31. The zero-order valence-electron chi connectivity index (χ0n) is 10.6. The van der Waals surface area contributed by atoms with Crippen LogP contribution in [0.3, 0.4) is 0 Å². The number of hydrogen-bond donors (Lipinski definition) is 0. The van der Waals surface area contributed by atoms with Gasteiger partial charge in [-0.25, -0.2) is 0 Å². The second-order valence-corrected chi connectivity index (χ2v) is 4.76. The lowest BCUT2D eigenvalue weighted by atomic mass is 9.82. The summed E-state index contributed by atoms with van der Waals surface area (Å²) in [5.41, 5.74) is -0.794. The Morgan fingerprint density at radius 1 is 1.38 bits per heavy atom. The van der Waals surface area contributed by atoms with Crippen LogP contribution in [0.5, 0.6) is 0 Å². The van der Waals surface area contributed by atoms with Gasteiger partial charge in [0, 0.05) is 13.1 Å². The molecule has 0 radical (unpaired) electrons. The van der Waals surface area contributed by atoms with E-state index in [4.69, 9.17) is 0 Å². The van der Waals surface area contributed by atoms with Gasteiger partial charge in [-0.15, -0.1) is 0 Å². The predicted octanol–water partition coefficient (Wildman–Crippen LogP) is 2.72. The fraction of sp³-hybridized carbons (Fsp3) is 0.846. The molecule has 0 saturated heterocycles. The normalized spacial score (nSPS) is 17.1. The Labute approximate surface area is 98.4 Å². The summed E-state index contributed by atoms with van der Waals surface area (Å²) in [5, 5.41) is 9.24. The van der Waals surface area contributed by atoms with Crippen LogP contribution in [0.15, 0.2) is 0 Å². The van der Waals surface area contributed by atoms with Crippen molar-refractivity contribution in [1.82, 2.24) is 4.90 Å². The third-order valence-electron chi connectivity index (χ3n) is 4.02.